The number of aromatic nitrogens is 2. The van der Waals surface area contributed by atoms with Crippen LogP contribution in [0.1, 0.15) is 11.3 Å². The van der Waals surface area contributed by atoms with Crippen molar-refractivity contribution in [3.63, 3.8) is 0 Å². The Morgan fingerprint density at radius 3 is 2.28 bits per heavy atom. The number of halogens is 4. The fraction of sp³-hybridized carbons (Fsp3) is 0.118. The predicted molar refractivity (Wildman–Crippen MR) is 97.6 cm³/mol. The van der Waals surface area contributed by atoms with Gasteiger partial charge in [0.15, 0.2) is 5.82 Å². The van der Waals surface area contributed by atoms with Gasteiger partial charge < -0.3 is 20.9 Å². The van der Waals surface area contributed by atoms with Crippen molar-refractivity contribution in [2.45, 2.75) is 13.1 Å². The van der Waals surface area contributed by atoms with E-state index >= 15 is 0 Å². The Labute approximate surface area is 161 Å². The molecule has 2 aromatic carbocycles. The third-order valence-corrected chi connectivity index (χ3v) is 4.04. The van der Waals surface area contributed by atoms with Crippen molar-refractivity contribution in [1.29, 1.82) is 0 Å². The summed E-state index contributed by atoms with van der Waals surface area (Å²) in [7, 11) is -2.25. The number of alkyl halides is 3. The molecule has 0 aliphatic rings. The molecule has 1 heterocycles. The maximum atomic E-state index is 14.7. The van der Waals surface area contributed by atoms with Gasteiger partial charge in [-0.1, -0.05) is 12.1 Å². The van der Waals surface area contributed by atoms with Gasteiger partial charge in [-0.05, 0) is 30.7 Å². The lowest BCUT2D eigenvalue weighted by Gasteiger charge is -2.17. The van der Waals surface area contributed by atoms with Crippen molar-refractivity contribution >= 4 is 35.6 Å². The zero-order valence-electron chi connectivity index (χ0n) is 14.8. The van der Waals surface area contributed by atoms with Gasteiger partial charge in [0.25, 0.3) is 6.47 Å². The minimum atomic E-state index is -4.84. The number of carbonyl (C=O) groups is 1. The van der Waals surface area contributed by atoms with Crippen LogP contribution in [0.4, 0.5) is 23.4 Å². The highest BCUT2D eigenvalue weighted by Gasteiger charge is 2.37. The molecule has 3 aromatic rings. The van der Waals surface area contributed by atoms with Crippen LogP contribution >= 0.6 is 0 Å². The fourth-order valence-electron chi connectivity index (χ4n) is 2.77. The summed E-state index contributed by atoms with van der Waals surface area (Å²) in [4.78, 5) is 8.36. The molecule has 152 valence electrons. The first-order valence-electron chi connectivity index (χ1n) is 7.89. The molecular formula is C17H14BF4N3O4. The van der Waals surface area contributed by atoms with Gasteiger partial charge in [-0.2, -0.15) is 18.3 Å². The summed E-state index contributed by atoms with van der Waals surface area (Å²) in [5.74, 6) is -1.27. The number of carboxylic acid groups (broad SMARTS) is 1. The molecule has 7 nitrogen and oxygen atoms in total. The topological polar surface area (TPSA) is 130 Å². The first kappa shape index (κ1) is 22.0. The summed E-state index contributed by atoms with van der Waals surface area (Å²) in [6.07, 6.45) is -4.84. The van der Waals surface area contributed by atoms with E-state index in [9.17, 15) is 27.6 Å². The van der Waals surface area contributed by atoms with Crippen LogP contribution in [0.2, 0.25) is 0 Å². The molecule has 29 heavy (non-hydrogen) atoms. The smallest absolute Gasteiger partial charge is 0.483 e. The second-order valence-corrected chi connectivity index (χ2v) is 5.80. The van der Waals surface area contributed by atoms with E-state index in [0.29, 0.717) is 28.6 Å². The van der Waals surface area contributed by atoms with Gasteiger partial charge in [-0.3, -0.25) is 4.79 Å². The Morgan fingerprint density at radius 1 is 1.10 bits per heavy atom. The normalized spacial score (nSPS) is 11.0. The van der Waals surface area contributed by atoms with E-state index in [1.165, 1.54) is 18.2 Å². The number of hydrogen-bond acceptors (Lipinski definition) is 6. The lowest BCUT2D eigenvalue weighted by Crippen LogP contribution is -2.34. The molecule has 0 atom stereocenters. The number of hydrogen-bond donors (Lipinski definition) is 4. The number of nitrogens with zero attached hydrogens (tertiary/aromatic N) is 2. The van der Waals surface area contributed by atoms with Gasteiger partial charge in [0, 0.05) is 21.8 Å². The van der Waals surface area contributed by atoms with Crippen molar-refractivity contribution in [3.8, 4) is 11.1 Å². The summed E-state index contributed by atoms with van der Waals surface area (Å²) in [5, 5.41) is 33.8. The maximum absolute atomic E-state index is 14.7. The number of rotatable bonds is 2. The Bertz CT molecular complexity index is 1060. The molecule has 1 aromatic heterocycles. The van der Waals surface area contributed by atoms with Crippen molar-refractivity contribution in [2.75, 3.05) is 5.73 Å². The van der Waals surface area contributed by atoms with Gasteiger partial charge in [-0.15, -0.1) is 5.10 Å². The van der Waals surface area contributed by atoms with E-state index < -0.39 is 35.7 Å². The summed E-state index contributed by atoms with van der Waals surface area (Å²) in [5.41, 5.74) is 3.36. The molecular weight excluding hydrogens is 397 g/mol. The lowest BCUT2D eigenvalue weighted by molar-refractivity contribution is -0.137. The molecule has 0 bridgehead atoms. The quantitative estimate of drug-likeness (QED) is 0.287. The molecule has 0 spiro atoms. The maximum Gasteiger partial charge on any atom is 0.491 e. The van der Waals surface area contributed by atoms with E-state index in [1.54, 1.807) is 6.92 Å². The molecule has 5 N–H and O–H groups in total. The standard InChI is InChI=1S/C16H12BF4N3O2.CH2O2/c1-7-10-6-8(2-3-9(10)15(22)24-23-7)13-11(16(19,20)21)4-5-12(14(13)18)17(25)26;2-1-3/h2-6,25-26H,1H3,(H2,22,24);1H,(H,2,3). The lowest BCUT2D eigenvalue weighted by atomic mass is 9.77. The van der Waals surface area contributed by atoms with Crippen molar-refractivity contribution in [1.82, 2.24) is 10.2 Å². The van der Waals surface area contributed by atoms with Gasteiger partial charge in [0.2, 0.25) is 0 Å². The van der Waals surface area contributed by atoms with Gasteiger partial charge in [0.1, 0.15) is 5.82 Å². The zero-order valence-corrected chi connectivity index (χ0v) is 14.8. The minimum absolute atomic E-state index is 0.0909. The number of fused-ring (bicyclic) bond motifs is 1. The van der Waals surface area contributed by atoms with E-state index in [-0.39, 0.29) is 17.9 Å². The number of nitrogens with two attached hydrogens (primary N) is 1. The van der Waals surface area contributed by atoms with Crippen molar-refractivity contribution < 1.29 is 37.5 Å². The SMILES string of the molecule is Cc1nnc(N)c2ccc(-c3c(C(F)(F)F)ccc(B(O)O)c3F)cc12.O=CO. The molecule has 0 aliphatic heterocycles. The Morgan fingerprint density at radius 2 is 1.72 bits per heavy atom. The number of benzene rings is 2. The van der Waals surface area contributed by atoms with Crippen LogP contribution in [0.25, 0.3) is 21.9 Å². The zero-order chi connectivity index (χ0) is 21.9. The number of aryl methyl sites for hydroxylation is 1. The highest BCUT2D eigenvalue weighted by Crippen LogP contribution is 2.39. The highest BCUT2D eigenvalue weighted by molar-refractivity contribution is 6.58. The first-order valence-corrected chi connectivity index (χ1v) is 7.89. The largest absolute Gasteiger partial charge is 0.491 e. The van der Waals surface area contributed by atoms with E-state index in [4.69, 9.17) is 15.6 Å². The van der Waals surface area contributed by atoms with Gasteiger partial charge in [-0.25, -0.2) is 4.39 Å². The summed E-state index contributed by atoms with van der Waals surface area (Å²) in [6.45, 7) is 1.34. The third-order valence-electron chi connectivity index (χ3n) is 4.04. The molecule has 0 saturated carbocycles. The van der Waals surface area contributed by atoms with Gasteiger partial charge in [0.05, 0.1) is 11.3 Å². The molecule has 0 amide bonds. The third kappa shape index (κ3) is 4.44. The van der Waals surface area contributed by atoms with Gasteiger partial charge >= 0.3 is 13.3 Å². The van der Waals surface area contributed by atoms with Crippen LogP contribution in [-0.4, -0.2) is 38.9 Å². The average Bonchev–Trinajstić information content (AvgIpc) is 2.64. The second kappa shape index (κ2) is 8.41. The predicted octanol–water partition coefficient (Wildman–Crippen LogP) is 1.73. The van der Waals surface area contributed by atoms with Crippen LogP contribution < -0.4 is 11.2 Å². The van der Waals surface area contributed by atoms with Crippen LogP contribution in [0.3, 0.4) is 0 Å². The Kier molecular flexibility index (Phi) is 6.39. The van der Waals surface area contributed by atoms with Crippen LogP contribution in [-0.2, 0) is 11.0 Å². The first-order chi connectivity index (χ1) is 13.5. The minimum Gasteiger partial charge on any atom is -0.483 e. The van der Waals surface area contributed by atoms with E-state index in [1.807, 2.05) is 0 Å². The summed E-state index contributed by atoms with van der Waals surface area (Å²) < 4.78 is 54.8. The fourth-order valence-corrected chi connectivity index (χ4v) is 2.77. The molecule has 0 fully saturated rings. The van der Waals surface area contributed by atoms with Crippen molar-refractivity contribution in [3.05, 3.63) is 47.4 Å². The highest BCUT2D eigenvalue weighted by atomic mass is 19.4. The number of anilines is 1. The summed E-state index contributed by atoms with van der Waals surface area (Å²) >= 11 is 0. The van der Waals surface area contributed by atoms with Crippen LogP contribution in [0.15, 0.2) is 30.3 Å². The van der Waals surface area contributed by atoms with Crippen LogP contribution in [0.5, 0.6) is 0 Å². The van der Waals surface area contributed by atoms with E-state index in [2.05, 4.69) is 10.2 Å². The molecule has 0 aliphatic carbocycles. The second-order valence-electron chi connectivity index (χ2n) is 5.80. The molecule has 3 rings (SSSR count). The van der Waals surface area contributed by atoms with E-state index in [0.717, 1.165) is 0 Å². The monoisotopic (exact) mass is 411 g/mol. The molecule has 12 heteroatoms. The van der Waals surface area contributed by atoms with Crippen molar-refractivity contribution in [2.24, 2.45) is 0 Å². The molecule has 0 saturated heterocycles. The van der Waals surface area contributed by atoms with Crippen LogP contribution in [0, 0.1) is 12.7 Å². The molecule has 0 radical (unpaired) electrons. The molecule has 0 unspecified atom stereocenters. The average molecular weight is 411 g/mol. The number of nitrogen functional groups attached to an aromatic ring is 1. The Balaban J connectivity index is 0.000000941. The summed E-state index contributed by atoms with van der Waals surface area (Å²) in [6, 6.07) is 5.31. The Hall–Kier alpha value is -3.25.